The van der Waals surface area contributed by atoms with Gasteiger partial charge in [-0.15, -0.1) is 11.3 Å². The van der Waals surface area contributed by atoms with Crippen molar-refractivity contribution in [3.8, 4) is 0 Å². The van der Waals surface area contributed by atoms with E-state index in [1.807, 2.05) is 43.6 Å². The van der Waals surface area contributed by atoms with E-state index in [9.17, 15) is 4.79 Å². The molecule has 0 radical (unpaired) electrons. The van der Waals surface area contributed by atoms with Crippen LogP contribution in [0, 0.1) is 5.92 Å². The average molecular weight is 317 g/mol. The van der Waals surface area contributed by atoms with E-state index in [0.29, 0.717) is 6.42 Å². The third-order valence-corrected chi connectivity index (χ3v) is 5.09. The lowest BCUT2D eigenvalue weighted by atomic mass is 9.89. The van der Waals surface area contributed by atoms with Crippen LogP contribution in [0.15, 0.2) is 41.9 Å². The molecule has 3 atom stereocenters. The van der Waals surface area contributed by atoms with Crippen LogP contribution in [0.1, 0.15) is 36.8 Å². The predicted octanol–water partition coefficient (Wildman–Crippen LogP) is 4.10. The second-order valence-electron chi connectivity index (χ2n) is 5.66. The Labute approximate surface area is 136 Å². The first-order chi connectivity index (χ1) is 10.6. The molecule has 0 fully saturated rings. The molecular weight excluding hydrogens is 294 g/mol. The fourth-order valence-electron chi connectivity index (χ4n) is 2.48. The highest BCUT2D eigenvalue weighted by Gasteiger charge is 2.25. The van der Waals surface area contributed by atoms with Crippen LogP contribution in [0.4, 0.5) is 0 Å². The summed E-state index contributed by atoms with van der Waals surface area (Å²) in [6.07, 6.45) is 3.11. The van der Waals surface area contributed by atoms with Crippen molar-refractivity contribution in [3.05, 3.63) is 52.5 Å². The van der Waals surface area contributed by atoms with Crippen molar-refractivity contribution < 1.29 is 9.53 Å². The monoisotopic (exact) mass is 317 g/mol. The van der Waals surface area contributed by atoms with Crippen molar-refractivity contribution in [2.45, 2.75) is 38.7 Å². The normalized spacial score (nSPS) is 15.2. The number of aromatic nitrogens is 1. The maximum Gasteiger partial charge on any atom is 0.138 e. The number of thiazole rings is 1. The fraction of sp³-hybridized carbons (Fsp3) is 0.444. The van der Waals surface area contributed by atoms with Crippen LogP contribution in [0.2, 0.25) is 0 Å². The molecule has 4 heteroatoms. The van der Waals surface area contributed by atoms with Crippen molar-refractivity contribution in [3.63, 3.8) is 0 Å². The Morgan fingerprint density at radius 1 is 1.27 bits per heavy atom. The maximum atomic E-state index is 12.5. The van der Waals surface area contributed by atoms with Gasteiger partial charge in [0.2, 0.25) is 0 Å². The summed E-state index contributed by atoms with van der Waals surface area (Å²) in [5.74, 6) is 0.287. The first-order valence-electron chi connectivity index (χ1n) is 7.60. The molecule has 2 rings (SSSR count). The first-order valence-corrected chi connectivity index (χ1v) is 8.48. The summed E-state index contributed by atoms with van der Waals surface area (Å²) in [6, 6.07) is 10.3. The zero-order chi connectivity index (χ0) is 15.9. The molecule has 0 saturated carbocycles. The van der Waals surface area contributed by atoms with Crippen LogP contribution in [-0.2, 0) is 16.0 Å². The highest BCUT2D eigenvalue weighted by Crippen LogP contribution is 2.28. The van der Waals surface area contributed by atoms with Crippen molar-refractivity contribution >= 4 is 17.1 Å². The second-order valence-corrected chi connectivity index (χ2v) is 6.58. The summed E-state index contributed by atoms with van der Waals surface area (Å²) in [7, 11) is 1.65. The number of carbonyl (C=O) groups excluding carboxylic acids is 1. The Kier molecular flexibility index (Phi) is 6.28. The summed E-state index contributed by atoms with van der Waals surface area (Å²) in [6.45, 7) is 3.89. The lowest BCUT2D eigenvalue weighted by Gasteiger charge is -2.20. The van der Waals surface area contributed by atoms with E-state index < -0.39 is 0 Å². The summed E-state index contributed by atoms with van der Waals surface area (Å²) in [5.41, 5.74) is 1.24. The number of rotatable bonds is 8. The number of carbonyl (C=O) groups is 1. The molecule has 1 aromatic heterocycles. The molecule has 0 N–H and O–H groups in total. The van der Waals surface area contributed by atoms with Crippen molar-refractivity contribution in [2.24, 2.45) is 5.92 Å². The molecule has 2 aromatic rings. The number of benzene rings is 1. The lowest BCUT2D eigenvalue weighted by Crippen LogP contribution is -2.26. The maximum absolute atomic E-state index is 12.5. The molecule has 0 spiro atoms. The molecule has 3 nitrogen and oxygen atoms in total. The topological polar surface area (TPSA) is 39.2 Å². The van der Waals surface area contributed by atoms with Gasteiger partial charge in [0, 0.05) is 36.9 Å². The molecule has 22 heavy (non-hydrogen) atoms. The molecule has 0 bridgehead atoms. The molecular formula is C18H23NO2S. The largest absolute Gasteiger partial charge is 0.381 e. The molecule has 1 heterocycles. The first kappa shape index (κ1) is 16.8. The van der Waals surface area contributed by atoms with Gasteiger partial charge in [-0.25, -0.2) is 4.98 Å². The smallest absolute Gasteiger partial charge is 0.138 e. The van der Waals surface area contributed by atoms with E-state index in [1.54, 1.807) is 18.4 Å². The van der Waals surface area contributed by atoms with E-state index in [2.05, 4.69) is 17.1 Å². The molecule has 0 amide bonds. The van der Waals surface area contributed by atoms with Gasteiger partial charge in [0.05, 0.1) is 11.1 Å². The van der Waals surface area contributed by atoms with Crippen molar-refractivity contribution in [1.29, 1.82) is 0 Å². The Morgan fingerprint density at radius 3 is 2.59 bits per heavy atom. The van der Waals surface area contributed by atoms with Crippen LogP contribution in [0.5, 0.6) is 0 Å². The van der Waals surface area contributed by atoms with E-state index in [4.69, 9.17) is 4.74 Å². The van der Waals surface area contributed by atoms with Gasteiger partial charge in [0.1, 0.15) is 5.78 Å². The van der Waals surface area contributed by atoms with Crippen LogP contribution >= 0.6 is 11.3 Å². The van der Waals surface area contributed by atoms with Crippen LogP contribution in [0.3, 0.4) is 0 Å². The number of Topliss-reactive ketones (excluding diaryl/α,β-unsaturated/α-hetero) is 1. The van der Waals surface area contributed by atoms with E-state index in [1.165, 1.54) is 5.56 Å². The Balaban J connectivity index is 2.10. The zero-order valence-corrected chi connectivity index (χ0v) is 14.2. The number of hydrogen-bond donors (Lipinski definition) is 0. The van der Waals surface area contributed by atoms with Crippen LogP contribution in [-0.4, -0.2) is 24.0 Å². The predicted molar refractivity (Wildman–Crippen MR) is 90.3 cm³/mol. The second kappa shape index (κ2) is 8.20. The van der Waals surface area contributed by atoms with Crippen molar-refractivity contribution in [2.75, 3.05) is 7.11 Å². The SMILES string of the molecule is CO[C@@H](C)[C@@H](C)C(=O)CC(Cc1ccccc1)c1nccs1. The van der Waals surface area contributed by atoms with Crippen molar-refractivity contribution in [1.82, 2.24) is 4.98 Å². The van der Waals surface area contributed by atoms with Gasteiger partial charge in [0.25, 0.3) is 0 Å². The van der Waals surface area contributed by atoms with E-state index in [0.717, 1.165) is 11.4 Å². The minimum absolute atomic E-state index is 0.0545. The fourth-order valence-corrected chi connectivity index (χ4v) is 3.22. The summed E-state index contributed by atoms with van der Waals surface area (Å²) in [5, 5.41) is 3.01. The highest BCUT2D eigenvalue weighted by molar-refractivity contribution is 7.09. The number of ketones is 1. The molecule has 0 aliphatic heterocycles. The Hall–Kier alpha value is -1.52. The van der Waals surface area contributed by atoms with E-state index >= 15 is 0 Å². The van der Waals surface area contributed by atoms with Crippen LogP contribution < -0.4 is 0 Å². The summed E-state index contributed by atoms with van der Waals surface area (Å²) < 4.78 is 5.29. The van der Waals surface area contributed by atoms with Gasteiger partial charge >= 0.3 is 0 Å². The van der Waals surface area contributed by atoms with Gasteiger partial charge in [0.15, 0.2) is 0 Å². The number of hydrogen-bond acceptors (Lipinski definition) is 4. The number of ether oxygens (including phenoxy) is 1. The summed E-state index contributed by atoms with van der Waals surface area (Å²) >= 11 is 1.62. The van der Waals surface area contributed by atoms with Gasteiger partial charge in [-0.1, -0.05) is 37.3 Å². The third kappa shape index (κ3) is 4.49. The van der Waals surface area contributed by atoms with Gasteiger partial charge < -0.3 is 4.74 Å². The zero-order valence-electron chi connectivity index (χ0n) is 13.4. The standard InChI is InChI=1S/C18H23NO2S/c1-13(14(2)21-3)17(20)12-16(18-19-9-10-22-18)11-15-7-5-4-6-8-15/h4-10,13-14,16H,11-12H2,1-3H3/t13-,14+,16?/m1/s1. The molecule has 0 aliphatic rings. The minimum Gasteiger partial charge on any atom is -0.381 e. The number of methoxy groups -OCH3 is 1. The van der Waals surface area contributed by atoms with Crippen LogP contribution in [0.25, 0.3) is 0 Å². The average Bonchev–Trinajstić information content (AvgIpc) is 3.08. The Bertz CT molecular complexity index is 568. The Morgan fingerprint density at radius 2 is 2.00 bits per heavy atom. The third-order valence-electron chi connectivity index (χ3n) is 4.16. The van der Waals surface area contributed by atoms with Gasteiger partial charge in [-0.2, -0.15) is 0 Å². The van der Waals surface area contributed by atoms with Gasteiger partial charge in [-0.05, 0) is 18.9 Å². The number of nitrogens with zero attached hydrogens (tertiary/aromatic N) is 1. The molecule has 0 aliphatic carbocycles. The van der Waals surface area contributed by atoms with Gasteiger partial charge in [-0.3, -0.25) is 4.79 Å². The molecule has 118 valence electrons. The van der Waals surface area contributed by atoms with E-state index in [-0.39, 0.29) is 23.7 Å². The molecule has 1 aromatic carbocycles. The highest BCUT2D eigenvalue weighted by atomic mass is 32.1. The summed E-state index contributed by atoms with van der Waals surface area (Å²) in [4.78, 5) is 17.0. The molecule has 1 unspecified atom stereocenters. The quantitative estimate of drug-likeness (QED) is 0.736. The lowest BCUT2D eigenvalue weighted by molar-refractivity contribution is -0.126. The minimum atomic E-state index is -0.0942. The molecule has 0 saturated heterocycles.